The summed E-state index contributed by atoms with van der Waals surface area (Å²) in [4.78, 5) is 7.75. The number of aromatic amines is 1. The topological polar surface area (TPSA) is 40.7 Å². The van der Waals surface area contributed by atoms with Gasteiger partial charge in [-0.15, -0.1) is 0 Å². The van der Waals surface area contributed by atoms with Gasteiger partial charge in [-0.3, -0.25) is 0 Å². The molecular weight excluding hydrogens is 162 g/mol. The van der Waals surface area contributed by atoms with Gasteiger partial charge in [-0.2, -0.15) is 0 Å². The van der Waals surface area contributed by atoms with Crippen LogP contribution in [-0.4, -0.2) is 17.0 Å². The molecule has 0 aliphatic heterocycles. The lowest BCUT2D eigenvalue weighted by Crippen LogP contribution is -2.05. The molecule has 1 unspecified atom stereocenters. The van der Waals surface area contributed by atoms with E-state index in [4.69, 9.17) is 0 Å². The number of rotatable bonds is 3. The van der Waals surface area contributed by atoms with Crippen LogP contribution in [0, 0.1) is 5.41 Å². The minimum absolute atomic E-state index is 0.467. The van der Waals surface area contributed by atoms with Crippen LogP contribution in [-0.2, 0) is 6.54 Å². The fraction of sp³-hybridized carbons (Fsp3) is 0.700. The molecule has 1 heterocycles. The molecule has 2 rings (SSSR count). The van der Waals surface area contributed by atoms with Gasteiger partial charge in [0.2, 0.25) is 0 Å². The second kappa shape index (κ2) is 2.84. The second-order valence-corrected chi connectivity index (χ2v) is 4.57. The lowest BCUT2D eigenvalue weighted by molar-refractivity contribution is 0.610. The van der Waals surface area contributed by atoms with Gasteiger partial charge in [-0.1, -0.05) is 13.8 Å². The van der Waals surface area contributed by atoms with E-state index in [1.54, 1.807) is 0 Å². The first-order valence-electron chi connectivity index (χ1n) is 4.82. The maximum Gasteiger partial charge on any atom is 0.109 e. The van der Waals surface area contributed by atoms with Crippen LogP contribution >= 0.6 is 0 Å². The Labute approximate surface area is 79.0 Å². The summed E-state index contributed by atoms with van der Waals surface area (Å²) in [6, 6.07) is 0. The van der Waals surface area contributed by atoms with E-state index in [0.717, 1.165) is 12.4 Å². The summed E-state index contributed by atoms with van der Waals surface area (Å²) in [7, 11) is 1.95. The van der Waals surface area contributed by atoms with Crippen LogP contribution in [0.5, 0.6) is 0 Å². The summed E-state index contributed by atoms with van der Waals surface area (Å²) in [5, 5.41) is 3.11. The lowest BCUT2D eigenvalue weighted by Gasteiger charge is -1.98. The zero-order valence-electron chi connectivity index (χ0n) is 8.52. The summed E-state index contributed by atoms with van der Waals surface area (Å²) < 4.78 is 0. The van der Waals surface area contributed by atoms with Crippen LogP contribution in [0.15, 0.2) is 6.20 Å². The standard InChI is InChI=1S/C10H17N3/c1-10(2)4-8(10)9-12-6-7(13-9)5-11-3/h6,8,11H,4-5H2,1-3H3,(H,12,13). The Balaban J connectivity index is 2.07. The van der Waals surface area contributed by atoms with Crippen molar-refractivity contribution in [1.29, 1.82) is 0 Å². The largest absolute Gasteiger partial charge is 0.345 e. The highest BCUT2D eigenvalue weighted by atomic mass is 15.0. The Morgan fingerprint density at radius 2 is 2.38 bits per heavy atom. The van der Waals surface area contributed by atoms with E-state index in [0.29, 0.717) is 11.3 Å². The van der Waals surface area contributed by atoms with Gasteiger partial charge in [0.05, 0.1) is 0 Å². The third-order valence-corrected chi connectivity index (χ3v) is 2.86. The van der Waals surface area contributed by atoms with E-state index in [1.165, 1.54) is 12.1 Å². The van der Waals surface area contributed by atoms with Crippen LogP contribution in [0.25, 0.3) is 0 Å². The van der Waals surface area contributed by atoms with Crippen LogP contribution in [0.4, 0.5) is 0 Å². The predicted octanol–water partition coefficient (Wildman–Crippen LogP) is 1.64. The van der Waals surface area contributed by atoms with E-state index >= 15 is 0 Å². The molecule has 1 fully saturated rings. The Morgan fingerprint density at radius 1 is 1.69 bits per heavy atom. The molecule has 1 aromatic rings. The summed E-state index contributed by atoms with van der Waals surface area (Å²) >= 11 is 0. The molecule has 0 amide bonds. The second-order valence-electron chi connectivity index (χ2n) is 4.57. The Kier molecular flexibility index (Phi) is 1.91. The maximum atomic E-state index is 4.40. The molecule has 3 nitrogen and oxygen atoms in total. The molecule has 1 atom stereocenters. The van der Waals surface area contributed by atoms with E-state index in [-0.39, 0.29) is 0 Å². The molecular formula is C10H17N3. The summed E-state index contributed by atoms with van der Waals surface area (Å²) in [6.45, 7) is 5.45. The van der Waals surface area contributed by atoms with Gasteiger partial charge in [0.1, 0.15) is 5.82 Å². The number of hydrogen-bond donors (Lipinski definition) is 2. The number of nitrogens with one attached hydrogen (secondary N) is 2. The van der Waals surface area contributed by atoms with Crippen molar-refractivity contribution in [1.82, 2.24) is 15.3 Å². The smallest absolute Gasteiger partial charge is 0.109 e. The molecule has 3 heteroatoms. The number of H-pyrrole nitrogens is 1. The average molecular weight is 179 g/mol. The molecule has 0 aromatic carbocycles. The van der Waals surface area contributed by atoms with Crippen molar-refractivity contribution >= 4 is 0 Å². The monoisotopic (exact) mass is 179 g/mol. The molecule has 1 aliphatic rings. The highest BCUT2D eigenvalue weighted by Gasteiger charge is 2.48. The fourth-order valence-corrected chi connectivity index (χ4v) is 1.77. The van der Waals surface area contributed by atoms with Gasteiger partial charge in [0, 0.05) is 24.4 Å². The zero-order valence-corrected chi connectivity index (χ0v) is 8.52. The van der Waals surface area contributed by atoms with Crippen LogP contribution in [0.1, 0.15) is 37.7 Å². The molecule has 0 spiro atoms. The molecule has 1 aliphatic carbocycles. The highest BCUT2D eigenvalue weighted by Crippen LogP contribution is 2.57. The van der Waals surface area contributed by atoms with Gasteiger partial charge >= 0.3 is 0 Å². The first kappa shape index (κ1) is 8.75. The van der Waals surface area contributed by atoms with E-state index in [1.807, 2.05) is 13.2 Å². The number of aromatic nitrogens is 2. The van der Waals surface area contributed by atoms with Crippen molar-refractivity contribution in [3.63, 3.8) is 0 Å². The minimum Gasteiger partial charge on any atom is -0.345 e. The number of imidazole rings is 1. The molecule has 2 N–H and O–H groups in total. The molecule has 0 bridgehead atoms. The third-order valence-electron chi connectivity index (χ3n) is 2.86. The van der Waals surface area contributed by atoms with Crippen molar-refractivity contribution in [2.75, 3.05) is 7.05 Å². The highest BCUT2D eigenvalue weighted by molar-refractivity contribution is 5.17. The van der Waals surface area contributed by atoms with Gasteiger partial charge in [0.15, 0.2) is 0 Å². The summed E-state index contributed by atoms with van der Waals surface area (Å²) in [5.74, 6) is 1.81. The van der Waals surface area contributed by atoms with Gasteiger partial charge in [-0.05, 0) is 18.9 Å². The van der Waals surface area contributed by atoms with Crippen molar-refractivity contribution < 1.29 is 0 Å². The zero-order chi connectivity index (χ0) is 9.47. The van der Waals surface area contributed by atoms with Crippen LogP contribution in [0.3, 0.4) is 0 Å². The first-order chi connectivity index (χ1) is 6.13. The van der Waals surface area contributed by atoms with Gasteiger partial charge in [0.25, 0.3) is 0 Å². The van der Waals surface area contributed by atoms with Gasteiger partial charge in [-0.25, -0.2) is 4.98 Å². The van der Waals surface area contributed by atoms with Crippen molar-refractivity contribution in [3.8, 4) is 0 Å². The molecule has 1 aromatic heterocycles. The SMILES string of the molecule is CNCc1cnc(C2CC2(C)C)[nH]1. The van der Waals surface area contributed by atoms with E-state index < -0.39 is 0 Å². The van der Waals surface area contributed by atoms with E-state index in [2.05, 4.69) is 29.1 Å². The predicted molar refractivity (Wildman–Crippen MR) is 52.5 cm³/mol. The van der Waals surface area contributed by atoms with Crippen molar-refractivity contribution in [2.24, 2.45) is 5.41 Å². The average Bonchev–Trinajstić information content (AvgIpc) is 2.52. The minimum atomic E-state index is 0.467. The summed E-state index contributed by atoms with van der Waals surface area (Å²) in [5.41, 5.74) is 1.65. The molecule has 0 saturated heterocycles. The Morgan fingerprint density at radius 3 is 2.92 bits per heavy atom. The summed E-state index contributed by atoms with van der Waals surface area (Å²) in [6.07, 6.45) is 3.19. The van der Waals surface area contributed by atoms with Gasteiger partial charge < -0.3 is 10.3 Å². The van der Waals surface area contributed by atoms with E-state index in [9.17, 15) is 0 Å². The lowest BCUT2D eigenvalue weighted by atomic mass is 10.1. The van der Waals surface area contributed by atoms with Crippen LogP contribution in [0.2, 0.25) is 0 Å². The fourth-order valence-electron chi connectivity index (χ4n) is 1.77. The number of hydrogen-bond acceptors (Lipinski definition) is 2. The van der Waals surface area contributed by atoms with Crippen molar-refractivity contribution in [3.05, 3.63) is 17.7 Å². The quantitative estimate of drug-likeness (QED) is 0.740. The Hall–Kier alpha value is -0.830. The van der Waals surface area contributed by atoms with Crippen LogP contribution < -0.4 is 5.32 Å². The molecule has 72 valence electrons. The normalized spacial score (nSPS) is 24.7. The Bertz CT molecular complexity index is 301. The maximum absolute atomic E-state index is 4.40. The third kappa shape index (κ3) is 1.61. The molecule has 1 saturated carbocycles. The molecule has 13 heavy (non-hydrogen) atoms. The first-order valence-corrected chi connectivity index (χ1v) is 4.82. The van der Waals surface area contributed by atoms with Crippen molar-refractivity contribution in [2.45, 2.75) is 32.7 Å². The number of nitrogens with zero attached hydrogens (tertiary/aromatic N) is 1. The molecule has 0 radical (unpaired) electrons.